The van der Waals surface area contributed by atoms with E-state index < -0.39 is 10.0 Å². The number of rotatable bonds is 6. The number of hydrogen-bond donors (Lipinski definition) is 2. The minimum absolute atomic E-state index is 0.150. The maximum atomic E-state index is 12.0. The van der Waals surface area contributed by atoms with Crippen LogP contribution in [0.4, 0.5) is 0 Å². The predicted molar refractivity (Wildman–Crippen MR) is 77.3 cm³/mol. The van der Waals surface area contributed by atoms with Crippen molar-refractivity contribution in [2.45, 2.75) is 18.0 Å². The van der Waals surface area contributed by atoms with Crippen molar-refractivity contribution in [2.24, 2.45) is 5.73 Å². The van der Waals surface area contributed by atoms with Crippen LogP contribution in [0.3, 0.4) is 0 Å². The van der Waals surface area contributed by atoms with E-state index in [-0.39, 0.29) is 11.4 Å². The molecule has 0 aromatic carbocycles. The van der Waals surface area contributed by atoms with Gasteiger partial charge >= 0.3 is 0 Å². The van der Waals surface area contributed by atoms with Crippen LogP contribution in [0, 0.1) is 0 Å². The number of nitrogens with zero attached hydrogens (tertiary/aromatic N) is 2. The van der Waals surface area contributed by atoms with Gasteiger partial charge in [0.1, 0.15) is 4.90 Å². The molecule has 0 amide bonds. The number of halogens is 1. The lowest BCUT2D eigenvalue weighted by molar-refractivity contribution is 0.580. The second kappa shape index (κ2) is 6.14. The van der Waals surface area contributed by atoms with Gasteiger partial charge in [0.25, 0.3) is 0 Å². The summed E-state index contributed by atoms with van der Waals surface area (Å²) in [6, 6.07) is 3.75. The number of nitrogens with two attached hydrogens (primary N) is 1. The second-order valence-electron chi connectivity index (χ2n) is 3.76. The molecule has 0 aliphatic rings. The van der Waals surface area contributed by atoms with Gasteiger partial charge in [-0.15, -0.1) is 11.3 Å². The molecule has 0 saturated carbocycles. The molecular weight excluding hydrogens is 352 g/mol. The van der Waals surface area contributed by atoms with Gasteiger partial charge in [0.2, 0.25) is 10.0 Å². The van der Waals surface area contributed by atoms with Gasteiger partial charge in [-0.3, -0.25) is 4.68 Å². The first kappa shape index (κ1) is 14.7. The molecule has 2 aromatic rings. The zero-order valence-corrected chi connectivity index (χ0v) is 13.1. The van der Waals surface area contributed by atoms with E-state index in [1.54, 1.807) is 0 Å². The van der Waals surface area contributed by atoms with Gasteiger partial charge in [0, 0.05) is 24.2 Å². The highest BCUT2D eigenvalue weighted by Gasteiger charge is 2.16. The van der Waals surface area contributed by atoms with Crippen LogP contribution in [0.1, 0.15) is 4.88 Å². The van der Waals surface area contributed by atoms with Crippen LogP contribution in [-0.4, -0.2) is 24.7 Å². The number of aromatic nitrogens is 2. The van der Waals surface area contributed by atoms with Crippen molar-refractivity contribution in [3.05, 3.63) is 33.2 Å². The summed E-state index contributed by atoms with van der Waals surface area (Å²) in [4.78, 5) is 1.08. The first-order valence-electron chi connectivity index (χ1n) is 5.47. The summed E-state index contributed by atoms with van der Waals surface area (Å²) in [5, 5.41) is 3.94. The van der Waals surface area contributed by atoms with Crippen LogP contribution in [0.25, 0.3) is 0 Å². The van der Waals surface area contributed by atoms with E-state index in [1.165, 1.54) is 28.4 Å². The van der Waals surface area contributed by atoms with Crippen LogP contribution in [0.5, 0.6) is 0 Å². The van der Waals surface area contributed by atoms with Crippen molar-refractivity contribution >= 4 is 37.3 Å². The lowest BCUT2D eigenvalue weighted by Crippen LogP contribution is -2.22. The molecule has 0 aliphatic carbocycles. The van der Waals surface area contributed by atoms with Crippen molar-refractivity contribution in [3.63, 3.8) is 0 Å². The van der Waals surface area contributed by atoms with Gasteiger partial charge in [-0.1, -0.05) is 0 Å². The molecule has 19 heavy (non-hydrogen) atoms. The quantitative estimate of drug-likeness (QED) is 0.804. The van der Waals surface area contributed by atoms with Gasteiger partial charge < -0.3 is 5.73 Å². The van der Waals surface area contributed by atoms with E-state index in [2.05, 4.69) is 25.8 Å². The maximum Gasteiger partial charge on any atom is 0.244 e. The van der Waals surface area contributed by atoms with E-state index in [0.29, 0.717) is 13.1 Å². The standard InChI is InChI=1S/C10H13BrN4O2S2/c11-10-2-1-8(18-10)5-14-19(16,17)9-6-13-15(7-9)4-3-12/h1-2,6-7,14H,3-5,12H2. The Morgan fingerprint density at radius 2 is 2.26 bits per heavy atom. The van der Waals surface area contributed by atoms with Gasteiger partial charge in [-0.05, 0) is 28.1 Å². The van der Waals surface area contributed by atoms with Crippen molar-refractivity contribution < 1.29 is 8.42 Å². The summed E-state index contributed by atoms with van der Waals surface area (Å²) >= 11 is 4.82. The molecule has 0 spiro atoms. The fourth-order valence-corrected chi connectivity index (χ4v) is 3.91. The van der Waals surface area contributed by atoms with E-state index >= 15 is 0 Å². The SMILES string of the molecule is NCCn1cc(S(=O)(=O)NCc2ccc(Br)s2)cn1. The van der Waals surface area contributed by atoms with Crippen molar-refractivity contribution in [2.75, 3.05) is 6.54 Å². The lowest BCUT2D eigenvalue weighted by atomic mass is 10.5. The highest BCUT2D eigenvalue weighted by Crippen LogP contribution is 2.22. The monoisotopic (exact) mass is 364 g/mol. The molecule has 6 nitrogen and oxygen atoms in total. The van der Waals surface area contributed by atoms with Crippen LogP contribution < -0.4 is 10.5 Å². The molecule has 2 rings (SSSR count). The minimum Gasteiger partial charge on any atom is -0.329 e. The Morgan fingerprint density at radius 1 is 1.47 bits per heavy atom. The topological polar surface area (TPSA) is 90.0 Å². The molecule has 3 N–H and O–H groups in total. The Morgan fingerprint density at radius 3 is 2.89 bits per heavy atom. The average Bonchev–Trinajstić information content (AvgIpc) is 2.97. The molecular formula is C10H13BrN4O2S2. The number of hydrogen-bond acceptors (Lipinski definition) is 5. The minimum atomic E-state index is -3.53. The van der Waals surface area contributed by atoms with Crippen molar-refractivity contribution in [1.29, 1.82) is 0 Å². The number of thiophene rings is 1. The van der Waals surface area contributed by atoms with E-state index in [9.17, 15) is 8.42 Å². The fourth-order valence-electron chi connectivity index (χ4n) is 1.43. The molecule has 0 aliphatic heterocycles. The van der Waals surface area contributed by atoms with E-state index in [4.69, 9.17) is 5.73 Å². The maximum absolute atomic E-state index is 12.0. The molecule has 0 saturated heterocycles. The second-order valence-corrected chi connectivity index (χ2v) is 8.07. The van der Waals surface area contributed by atoms with Crippen LogP contribution >= 0.6 is 27.3 Å². The Kier molecular flexibility index (Phi) is 4.74. The van der Waals surface area contributed by atoms with Crippen LogP contribution in [0.2, 0.25) is 0 Å². The smallest absolute Gasteiger partial charge is 0.244 e. The molecule has 0 radical (unpaired) electrons. The molecule has 104 valence electrons. The van der Waals surface area contributed by atoms with Gasteiger partial charge in [-0.25, -0.2) is 13.1 Å². The fraction of sp³-hybridized carbons (Fsp3) is 0.300. The van der Waals surface area contributed by atoms with Gasteiger partial charge in [0.15, 0.2) is 0 Å². The Balaban J connectivity index is 2.04. The third kappa shape index (κ3) is 3.86. The largest absolute Gasteiger partial charge is 0.329 e. The van der Waals surface area contributed by atoms with E-state index in [1.807, 2.05) is 12.1 Å². The van der Waals surface area contributed by atoms with Gasteiger partial charge in [-0.2, -0.15) is 5.10 Å². The average molecular weight is 365 g/mol. The molecule has 2 aromatic heterocycles. The summed E-state index contributed by atoms with van der Waals surface area (Å²) in [6.45, 7) is 1.17. The predicted octanol–water partition coefficient (Wildman–Crippen LogP) is 1.14. The normalized spacial score (nSPS) is 11.9. The summed E-state index contributed by atoms with van der Waals surface area (Å²) < 4.78 is 29.1. The first-order valence-corrected chi connectivity index (χ1v) is 8.57. The lowest BCUT2D eigenvalue weighted by Gasteiger charge is -2.02. The molecule has 0 fully saturated rings. The zero-order valence-electron chi connectivity index (χ0n) is 9.91. The molecule has 0 unspecified atom stereocenters. The van der Waals surface area contributed by atoms with Crippen LogP contribution in [0.15, 0.2) is 33.2 Å². The summed E-state index contributed by atoms with van der Waals surface area (Å²) in [7, 11) is -3.53. The third-order valence-corrected chi connectivity index (χ3v) is 5.32. The number of nitrogens with one attached hydrogen (secondary N) is 1. The zero-order chi connectivity index (χ0) is 13.9. The van der Waals surface area contributed by atoms with Gasteiger partial charge in [0.05, 0.1) is 16.5 Å². The summed E-state index contributed by atoms with van der Waals surface area (Å²) in [5.41, 5.74) is 5.39. The molecule has 0 bridgehead atoms. The van der Waals surface area contributed by atoms with Crippen LogP contribution in [-0.2, 0) is 23.1 Å². The Labute approximate surface area is 123 Å². The summed E-state index contributed by atoms with van der Waals surface area (Å²) in [5.74, 6) is 0. The van der Waals surface area contributed by atoms with Crippen molar-refractivity contribution in [3.8, 4) is 0 Å². The van der Waals surface area contributed by atoms with E-state index in [0.717, 1.165) is 8.66 Å². The molecule has 2 heterocycles. The Hall–Kier alpha value is -0.740. The first-order chi connectivity index (χ1) is 9.01. The number of sulfonamides is 1. The van der Waals surface area contributed by atoms with Crippen molar-refractivity contribution in [1.82, 2.24) is 14.5 Å². The molecule has 9 heteroatoms. The highest BCUT2D eigenvalue weighted by molar-refractivity contribution is 9.11. The third-order valence-electron chi connectivity index (χ3n) is 2.34. The highest BCUT2D eigenvalue weighted by atomic mass is 79.9. The molecule has 0 atom stereocenters. The Bertz CT molecular complexity index is 650. The summed E-state index contributed by atoms with van der Waals surface area (Å²) in [6.07, 6.45) is 2.79.